The summed E-state index contributed by atoms with van der Waals surface area (Å²) >= 11 is 0. The average Bonchev–Trinajstić information content (AvgIpc) is 1.47. The first-order valence-electron chi connectivity index (χ1n) is 47.2. The molecule has 6 aliphatic rings. The standard InChI is InChI=1S/C61H86N6O15.C15H29NO6S2.C12H22O7.C7H16O4/c1-9-39(34-68)82-49(78-7)35-81-48(70)20-14-19-47(69)63-37(4)51(71)80-28-16-24-62-55(73)61(76)53-59(23-27-67-25-15-22-58(11-3,52(59)67)54(61)72)42-29-43(46(77-6)30-45(42)65(53)5)60(56(74)79-8)32-38-31-57(75,10-2)36-66(33-38)26-21-41-40-17-12-13-18-44(40)64-50(41)60;1-4-12(10-17)22-15(20-2)11-21-14(19)7-5-6-13(18)16-8-9-24-23-3;1-3-9(7-13)19-12(17-2)8-18-11(16)6-4-5-10(14)15;1-3-6(4-8)11-7(5-9)10-2/h12-13,15,17-18,22,29-30,37-39,49,52-54,64,68,72,75-76H,9-11,14,16,19-21,23-28,31-36H2,1-8H3,(H,62,73)(H,63,69);12,15,17H,4-11H2,1-3H3,(H,16,18);9,12-13H,3-8H2,1-2H3,(H,14,15);6-9H,3-5H2,1-2H3/t37-,38?,39?,49?,52?,53?,54-,57?,58-,59?,60+,61+;;;/m1.../s1. The molecule has 1 aliphatic carbocycles. The van der Waals surface area contributed by atoms with Crippen LogP contribution in [0.3, 0.4) is 0 Å². The van der Waals surface area contributed by atoms with Gasteiger partial charge in [0.2, 0.25) is 11.8 Å². The molecule has 2 saturated heterocycles. The molecule has 0 radical (unpaired) electrons. The number of nitrogens with zero attached hydrogens (tertiary/aromatic N) is 3. The maximum Gasteiger partial charge on any atom is 0.328 e. The van der Waals surface area contributed by atoms with Gasteiger partial charge in [-0.05, 0) is 139 Å². The molecular formula is C95H153N7O32S2. The van der Waals surface area contributed by atoms with Gasteiger partial charge in [-0.3, -0.25) is 48.2 Å². The molecule has 3 amide bonds. The first-order chi connectivity index (χ1) is 65.2. The van der Waals surface area contributed by atoms with Crippen LogP contribution in [0.25, 0.3) is 10.9 Å². The topological polar surface area (TPSA) is 527 Å². The Hall–Kier alpha value is -7.47. The van der Waals surface area contributed by atoms with Crippen LogP contribution in [0, 0.1) is 11.3 Å². The maximum atomic E-state index is 15.5. The molecule has 5 aliphatic heterocycles. The van der Waals surface area contributed by atoms with Gasteiger partial charge in [-0.25, -0.2) is 4.79 Å². The van der Waals surface area contributed by atoms with Gasteiger partial charge in [-0.2, -0.15) is 0 Å². The second kappa shape index (κ2) is 58.7. The van der Waals surface area contributed by atoms with Crippen molar-refractivity contribution in [3.8, 4) is 5.75 Å². The molecule has 19 atom stereocenters. The summed E-state index contributed by atoms with van der Waals surface area (Å²) in [6.45, 7) is 15.4. The van der Waals surface area contributed by atoms with E-state index in [4.69, 9.17) is 91.8 Å². The van der Waals surface area contributed by atoms with Crippen molar-refractivity contribution in [3.05, 3.63) is 70.9 Å². The van der Waals surface area contributed by atoms with Gasteiger partial charge in [0.05, 0.1) is 89.9 Å². The number of H-pyrrole nitrogens is 1. The highest BCUT2D eigenvalue weighted by atomic mass is 33.1. The highest BCUT2D eigenvalue weighted by molar-refractivity contribution is 8.76. The molecule has 3 aromatic rings. The van der Waals surface area contributed by atoms with Crippen LogP contribution >= 0.6 is 21.6 Å². The Bertz CT molecular complexity index is 4200. The van der Waals surface area contributed by atoms with Crippen molar-refractivity contribution in [2.24, 2.45) is 11.3 Å². The monoisotopic (exact) mass is 1970 g/mol. The number of carbonyl (C=O) groups is 9. The van der Waals surface area contributed by atoms with Crippen LogP contribution in [0.15, 0.2) is 48.6 Å². The number of benzene rings is 2. The minimum Gasteiger partial charge on any atom is -0.496 e. The first kappa shape index (κ1) is 117. The van der Waals surface area contributed by atoms with Crippen molar-refractivity contribution in [1.29, 1.82) is 0 Å². The average molecular weight is 1970 g/mol. The van der Waals surface area contributed by atoms with E-state index in [1.807, 2.05) is 96.2 Å². The van der Waals surface area contributed by atoms with Gasteiger partial charge in [0.15, 0.2) is 30.8 Å². The van der Waals surface area contributed by atoms with Crippen LogP contribution in [0.5, 0.6) is 5.75 Å². The largest absolute Gasteiger partial charge is 0.496 e. The van der Waals surface area contributed by atoms with Crippen molar-refractivity contribution in [2.75, 3.05) is 172 Å². The smallest absolute Gasteiger partial charge is 0.328 e. The highest BCUT2D eigenvalue weighted by Gasteiger charge is 2.79. The molecule has 1 aromatic heterocycles. The lowest BCUT2D eigenvalue weighted by Crippen LogP contribution is -2.81. The molecule has 41 heteroatoms. The quantitative estimate of drug-likeness (QED) is 0.00868. The van der Waals surface area contributed by atoms with Crippen molar-refractivity contribution < 1.29 is 155 Å². The Balaban J connectivity index is 0.000000424. The van der Waals surface area contributed by atoms with Crippen LogP contribution in [-0.4, -0.2) is 366 Å². The van der Waals surface area contributed by atoms with Crippen LogP contribution in [0.1, 0.15) is 193 Å². The Labute approximate surface area is 806 Å². The number of nitrogens with one attached hydrogen (secondary N) is 4. The van der Waals surface area contributed by atoms with E-state index in [0.29, 0.717) is 133 Å². The van der Waals surface area contributed by atoms with Crippen molar-refractivity contribution >= 4 is 91.7 Å². The summed E-state index contributed by atoms with van der Waals surface area (Å²) in [5, 5.41) is 101. The predicted molar refractivity (Wildman–Crippen MR) is 505 cm³/mol. The number of carboxylic acids is 1. The van der Waals surface area contributed by atoms with Gasteiger partial charge in [0.25, 0.3) is 5.91 Å². The van der Waals surface area contributed by atoms with Crippen molar-refractivity contribution in [2.45, 2.75) is 273 Å². The van der Waals surface area contributed by atoms with E-state index < -0.39 is 125 Å². The minimum atomic E-state index is -2.42. The lowest BCUT2D eigenvalue weighted by molar-refractivity contribution is -0.203. The van der Waals surface area contributed by atoms with E-state index >= 15 is 9.59 Å². The lowest BCUT2D eigenvalue weighted by Gasteiger charge is -2.63. The van der Waals surface area contributed by atoms with Crippen LogP contribution in [0.2, 0.25) is 0 Å². The maximum absolute atomic E-state index is 15.5. The highest BCUT2D eigenvalue weighted by Crippen LogP contribution is 2.68. The molecule has 9 rings (SSSR count). The molecule has 14 unspecified atom stereocenters. The number of para-hydroxylation sites is 1. The molecule has 6 heterocycles. The van der Waals surface area contributed by atoms with E-state index in [2.05, 4.69) is 42.9 Å². The summed E-state index contributed by atoms with van der Waals surface area (Å²) in [6.07, 6.45) is 6.66. The van der Waals surface area contributed by atoms with E-state index in [-0.39, 0.29) is 160 Å². The number of aliphatic hydroxyl groups is 8. The van der Waals surface area contributed by atoms with Gasteiger partial charge >= 0.3 is 35.8 Å². The fraction of sp³-hybridized carbons (Fsp3) is 0.737. The summed E-state index contributed by atoms with van der Waals surface area (Å²) < 4.78 is 74.5. The zero-order chi connectivity index (χ0) is 101. The molecule has 1 spiro atoms. The number of piperidine rings is 1. The van der Waals surface area contributed by atoms with Crippen LogP contribution < -0.4 is 25.6 Å². The van der Waals surface area contributed by atoms with Crippen molar-refractivity contribution in [1.82, 2.24) is 30.7 Å². The number of likely N-dealkylation sites (N-methyl/N-ethyl adjacent to an activating group) is 1. The number of carboxylic acid groups (broad SMARTS) is 1. The third-order valence-corrected chi connectivity index (χ3v) is 27.9. The van der Waals surface area contributed by atoms with Crippen LogP contribution in [-0.2, 0) is 122 Å². The molecule has 13 N–H and O–H groups in total. The van der Waals surface area contributed by atoms with E-state index in [9.17, 15) is 54.0 Å². The third kappa shape index (κ3) is 31.0. The molecule has 2 aromatic carbocycles. The number of aromatic amines is 1. The number of hydrogen-bond acceptors (Lipinski definition) is 36. The van der Waals surface area contributed by atoms with Gasteiger partial charge in [-0.1, -0.05) is 93.5 Å². The Morgan fingerprint density at radius 2 is 1.16 bits per heavy atom. The van der Waals surface area contributed by atoms with Gasteiger partial charge < -0.3 is 138 Å². The number of esters is 5. The predicted octanol–water partition coefficient (Wildman–Crippen LogP) is 5.15. The second-order valence-electron chi connectivity index (χ2n) is 34.8. The fourth-order valence-corrected chi connectivity index (χ4v) is 20.1. The van der Waals surface area contributed by atoms with E-state index in [1.54, 1.807) is 28.7 Å². The lowest BCUT2D eigenvalue weighted by atomic mass is 9.47. The van der Waals surface area contributed by atoms with Crippen LogP contribution in [0.4, 0.5) is 5.69 Å². The Morgan fingerprint density at radius 3 is 1.66 bits per heavy atom. The van der Waals surface area contributed by atoms with Gasteiger partial charge in [-0.15, -0.1) is 0 Å². The summed E-state index contributed by atoms with van der Waals surface area (Å²) in [7, 11) is 13.9. The second-order valence-corrected chi connectivity index (χ2v) is 37.5. The number of aliphatic hydroxyl groups excluding tert-OH is 6. The summed E-state index contributed by atoms with van der Waals surface area (Å²) in [5.41, 5.74) is -2.33. The van der Waals surface area contributed by atoms with Gasteiger partial charge in [0, 0.05) is 170 Å². The number of rotatable bonds is 55. The Kier molecular flexibility index (Phi) is 50.6. The fourth-order valence-electron chi connectivity index (χ4n) is 19.0. The third-order valence-electron chi connectivity index (χ3n) is 26.1. The number of aliphatic carboxylic acids is 1. The number of aromatic nitrogens is 1. The molecule has 2 bridgehead atoms. The molecule has 136 heavy (non-hydrogen) atoms. The molecular weight excluding hydrogens is 1820 g/mol. The van der Waals surface area contributed by atoms with Gasteiger partial charge in [0.1, 0.15) is 43.1 Å². The SMILES string of the molecule is CCC(CO)OC(CO)OC.CCC(CO)OC(COC(=O)CCCC(=O)NCCSSC)OC.CCC(CO)OC(COC(=O)CCCC(=O)N[C@H](C)C(=O)OCCCNC(=O)[C@]1(O)C2N(C)c3cc(OC)c([C@@]4(C(=O)OC)CC5CN(CCc6c4[nH]c4ccccc64)CC(O)(CC)C5)cc3C23CCN2CC=C[C@](CC)(C23)[C@H]1O)OC.CCC(CO)OC(COC(=O)CCCC(=O)O)OC. The normalized spacial score (nSPS) is 24.3. The molecule has 3 fully saturated rings. The number of anilines is 1. The van der Waals surface area contributed by atoms with E-state index in [1.165, 1.54) is 42.5 Å². The molecule has 772 valence electrons. The number of ether oxygens (including phenoxy) is 14. The number of amides is 3. The number of hydrogen-bond donors (Lipinski definition) is 13. The summed E-state index contributed by atoms with van der Waals surface area (Å²) in [4.78, 5) is 124. The van der Waals surface area contributed by atoms with E-state index in [0.717, 1.165) is 27.8 Å². The van der Waals surface area contributed by atoms with Crippen molar-refractivity contribution in [3.63, 3.8) is 0 Å². The summed E-state index contributed by atoms with van der Waals surface area (Å²) in [6, 6.07) is 9.63. The number of fused-ring (bicyclic) bond motifs is 6. The minimum absolute atomic E-state index is 0.0328. The molecule has 1 saturated carbocycles. The Morgan fingerprint density at radius 1 is 0.618 bits per heavy atom. The zero-order valence-corrected chi connectivity index (χ0v) is 83.5. The number of carbonyl (C=O) groups excluding carboxylic acids is 8. The summed E-state index contributed by atoms with van der Waals surface area (Å²) in [5.74, 6) is -3.79. The molecule has 39 nitrogen and oxygen atoms in total. The first-order valence-corrected chi connectivity index (χ1v) is 49.9. The zero-order valence-electron chi connectivity index (χ0n) is 81.9. The number of methoxy groups -OCH3 is 6.